The first-order valence-electron chi connectivity index (χ1n) is 8.81. The number of hydrogen-bond donors (Lipinski definition) is 3. The van der Waals surface area contributed by atoms with E-state index in [9.17, 15) is 18.0 Å². The molecule has 0 bridgehead atoms. The van der Waals surface area contributed by atoms with Crippen molar-refractivity contribution < 1.29 is 18.0 Å². The SMILES string of the molecule is Cc1ccc(C(=O)NNC(=O)CN2CCCc3ccccc32)cc1S(N)(=O)=O. The number of nitrogens with two attached hydrogens (primary N) is 1. The molecule has 9 heteroatoms. The van der Waals surface area contributed by atoms with Crippen LogP contribution in [0.1, 0.15) is 27.9 Å². The van der Waals surface area contributed by atoms with Crippen molar-refractivity contribution in [2.45, 2.75) is 24.7 Å². The van der Waals surface area contributed by atoms with Crippen molar-refractivity contribution in [3.8, 4) is 0 Å². The van der Waals surface area contributed by atoms with E-state index in [4.69, 9.17) is 5.14 Å². The maximum absolute atomic E-state index is 12.3. The summed E-state index contributed by atoms with van der Waals surface area (Å²) in [5, 5.41) is 5.16. The molecule has 0 atom stereocenters. The van der Waals surface area contributed by atoms with Crippen LogP contribution in [0.25, 0.3) is 0 Å². The molecule has 0 saturated carbocycles. The number of hydrogen-bond acceptors (Lipinski definition) is 5. The van der Waals surface area contributed by atoms with E-state index in [1.54, 1.807) is 6.92 Å². The number of amides is 2. The van der Waals surface area contributed by atoms with Gasteiger partial charge in [0.15, 0.2) is 0 Å². The minimum Gasteiger partial charge on any atom is -0.362 e. The van der Waals surface area contributed by atoms with Gasteiger partial charge in [-0.2, -0.15) is 0 Å². The van der Waals surface area contributed by atoms with Crippen LogP contribution in [-0.2, 0) is 21.2 Å². The zero-order valence-electron chi connectivity index (χ0n) is 15.4. The molecule has 0 spiro atoms. The van der Waals surface area contributed by atoms with Gasteiger partial charge < -0.3 is 4.90 Å². The van der Waals surface area contributed by atoms with E-state index >= 15 is 0 Å². The average molecular weight is 402 g/mol. The quantitative estimate of drug-likeness (QED) is 0.655. The standard InChI is InChI=1S/C19H22N4O4S/c1-13-8-9-15(11-17(13)28(20,26)27)19(25)22-21-18(24)12-23-10-4-6-14-5-2-3-7-16(14)23/h2-3,5,7-9,11H,4,6,10,12H2,1H3,(H,21,24)(H,22,25)(H2,20,26,27). The molecule has 0 saturated heterocycles. The Labute approximate surface area is 163 Å². The summed E-state index contributed by atoms with van der Waals surface area (Å²) in [6.07, 6.45) is 1.93. The van der Waals surface area contributed by atoms with Crippen LogP contribution in [0.15, 0.2) is 47.4 Å². The maximum atomic E-state index is 12.3. The number of aryl methyl sites for hydroxylation is 2. The van der Waals surface area contributed by atoms with Gasteiger partial charge in [-0.1, -0.05) is 24.3 Å². The molecule has 4 N–H and O–H groups in total. The highest BCUT2D eigenvalue weighted by Crippen LogP contribution is 2.26. The van der Waals surface area contributed by atoms with E-state index in [1.165, 1.54) is 23.8 Å². The Balaban J connectivity index is 1.62. The number of primary sulfonamides is 1. The monoisotopic (exact) mass is 402 g/mol. The maximum Gasteiger partial charge on any atom is 0.269 e. The molecule has 1 aliphatic rings. The second kappa shape index (κ2) is 7.99. The Bertz CT molecular complexity index is 1020. The molecule has 0 fully saturated rings. The second-order valence-electron chi connectivity index (χ2n) is 6.68. The molecule has 0 unspecified atom stereocenters. The van der Waals surface area contributed by atoms with Crippen LogP contribution in [0.5, 0.6) is 0 Å². The summed E-state index contributed by atoms with van der Waals surface area (Å²) in [4.78, 5) is 26.3. The Hall–Kier alpha value is -2.91. The van der Waals surface area contributed by atoms with Crippen molar-refractivity contribution in [3.63, 3.8) is 0 Å². The first-order chi connectivity index (χ1) is 13.3. The number of nitrogens with one attached hydrogen (secondary N) is 2. The summed E-state index contributed by atoms with van der Waals surface area (Å²) in [6, 6.07) is 12.1. The number of carbonyl (C=O) groups is 2. The fourth-order valence-corrected chi connectivity index (χ4v) is 4.04. The van der Waals surface area contributed by atoms with Crippen LogP contribution in [0, 0.1) is 6.92 Å². The number of hydrazine groups is 1. The largest absolute Gasteiger partial charge is 0.362 e. The number of benzene rings is 2. The van der Waals surface area contributed by atoms with Gasteiger partial charge in [-0.05, 0) is 49.1 Å². The van der Waals surface area contributed by atoms with Crippen molar-refractivity contribution in [2.75, 3.05) is 18.0 Å². The molecule has 8 nitrogen and oxygen atoms in total. The minimum absolute atomic E-state index is 0.0817. The lowest BCUT2D eigenvalue weighted by molar-refractivity contribution is -0.120. The highest BCUT2D eigenvalue weighted by Gasteiger charge is 2.19. The molecule has 1 heterocycles. The fraction of sp³-hybridized carbons (Fsp3) is 0.263. The summed E-state index contributed by atoms with van der Waals surface area (Å²) < 4.78 is 23.2. The molecule has 2 amide bonds. The van der Waals surface area contributed by atoms with Gasteiger partial charge in [0.1, 0.15) is 0 Å². The third-order valence-electron chi connectivity index (χ3n) is 4.61. The Kier molecular flexibility index (Phi) is 5.66. The van der Waals surface area contributed by atoms with Gasteiger partial charge in [-0.15, -0.1) is 0 Å². The lowest BCUT2D eigenvalue weighted by Gasteiger charge is -2.30. The number of nitrogens with zero attached hydrogens (tertiary/aromatic N) is 1. The molecule has 3 rings (SSSR count). The highest BCUT2D eigenvalue weighted by molar-refractivity contribution is 7.89. The topological polar surface area (TPSA) is 122 Å². The fourth-order valence-electron chi connectivity index (χ4n) is 3.24. The van der Waals surface area contributed by atoms with E-state index in [0.29, 0.717) is 5.56 Å². The Morgan fingerprint density at radius 2 is 1.89 bits per heavy atom. The zero-order chi connectivity index (χ0) is 20.3. The lowest BCUT2D eigenvalue weighted by atomic mass is 10.0. The number of para-hydroxylation sites is 1. The van der Waals surface area contributed by atoms with E-state index < -0.39 is 15.9 Å². The van der Waals surface area contributed by atoms with Gasteiger partial charge in [-0.3, -0.25) is 20.4 Å². The van der Waals surface area contributed by atoms with Crippen molar-refractivity contribution >= 4 is 27.5 Å². The van der Waals surface area contributed by atoms with Gasteiger partial charge in [0.2, 0.25) is 10.0 Å². The van der Waals surface area contributed by atoms with Crippen LogP contribution in [0.3, 0.4) is 0 Å². The summed E-state index contributed by atoms with van der Waals surface area (Å²) in [5.41, 5.74) is 7.41. The van der Waals surface area contributed by atoms with Crippen molar-refractivity contribution in [1.82, 2.24) is 10.9 Å². The molecule has 2 aromatic carbocycles. The predicted octanol–water partition coefficient (Wildman–Crippen LogP) is 0.856. The normalized spacial score (nSPS) is 13.6. The van der Waals surface area contributed by atoms with Crippen LogP contribution in [0.2, 0.25) is 0 Å². The zero-order valence-corrected chi connectivity index (χ0v) is 16.3. The van der Waals surface area contributed by atoms with Crippen molar-refractivity contribution in [1.29, 1.82) is 0 Å². The number of sulfonamides is 1. The molecule has 2 aromatic rings. The lowest BCUT2D eigenvalue weighted by Crippen LogP contribution is -2.47. The van der Waals surface area contributed by atoms with E-state index in [-0.39, 0.29) is 22.9 Å². The Morgan fingerprint density at radius 3 is 2.64 bits per heavy atom. The van der Waals surface area contributed by atoms with Crippen LogP contribution < -0.4 is 20.9 Å². The van der Waals surface area contributed by atoms with Gasteiger partial charge in [0, 0.05) is 17.8 Å². The summed E-state index contributed by atoms with van der Waals surface area (Å²) in [7, 11) is -3.94. The van der Waals surface area contributed by atoms with Gasteiger partial charge in [0.25, 0.3) is 11.8 Å². The number of carbonyl (C=O) groups excluding carboxylic acids is 2. The summed E-state index contributed by atoms with van der Waals surface area (Å²) >= 11 is 0. The third kappa shape index (κ3) is 4.49. The van der Waals surface area contributed by atoms with Gasteiger partial charge in [-0.25, -0.2) is 13.6 Å². The van der Waals surface area contributed by atoms with Crippen molar-refractivity contribution in [2.24, 2.45) is 5.14 Å². The number of anilines is 1. The molecule has 0 aromatic heterocycles. The molecular formula is C19H22N4O4S. The average Bonchev–Trinajstić information content (AvgIpc) is 2.66. The van der Waals surface area contributed by atoms with Crippen LogP contribution in [-0.4, -0.2) is 33.3 Å². The van der Waals surface area contributed by atoms with E-state index in [0.717, 1.165) is 25.1 Å². The highest BCUT2D eigenvalue weighted by atomic mass is 32.2. The number of rotatable bonds is 4. The van der Waals surface area contributed by atoms with E-state index in [2.05, 4.69) is 10.9 Å². The molecule has 28 heavy (non-hydrogen) atoms. The molecule has 0 radical (unpaired) electrons. The third-order valence-corrected chi connectivity index (χ3v) is 5.67. The molecule has 1 aliphatic heterocycles. The van der Waals surface area contributed by atoms with E-state index in [1.807, 2.05) is 29.2 Å². The van der Waals surface area contributed by atoms with Gasteiger partial charge in [0.05, 0.1) is 11.4 Å². The molecule has 0 aliphatic carbocycles. The second-order valence-corrected chi connectivity index (χ2v) is 8.21. The number of fused-ring (bicyclic) bond motifs is 1. The minimum atomic E-state index is -3.94. The molecular weight excluding hydrogens is 380 g/mol. The predicted molar refractivity (Wildman–Crippen MR) is 105 cm³/mol. The van der Waals surface area contributed by atoms with Crippen LogP contribution >= 0.6 is 0 Å². The van der Waals surface area contributed by atoms with Crippen molar-refractivity contribution in [3.05, 3.63) is 59.2 Å². The first kappa shape index (κ1) is 19.8. The first-order valence-corrected chi connectivity index (χ1v) is 10.4. The summed E-state index contributed by atoms with van der Waals surface area (Å²) in [5.74, 6) is -0.999. The van der Waals surface area contributed by atoms with Crippen LogP contribution in [0.4, 0.5) is 5.69 Å². The summed E-state index contributed by atoms with van der Waals surface area (Å²) in [6.45, 7) is 2.45. The Morgan fingerprint density at radius 1 is 1.14 bits per heavy atom. The smallest absolute Gasteiger partial charge is 0.269 e. The van der Waals surface area contributed by atoms with Gasteiger partial charge >= 0.3 is 0 Å². The molecule has 148 valence electrons.